The van der Waals surface area contributed by atoms with Crippen molar-refractivity contribution in [2.24, 2.45) is 0 Å². The molecule has 1 amide bonds. The molecule has 0 spiro atoms. The van der Waals surface area contributed by atoms with E-state index in [0.29, 0.717) is 17.1 Å². The minimum atomic E-state index is -5.79. The Morgan fingerprint density at radius 1 is 1.15 bits per heavy atom. The van der Waals surface area contributed by atoms with Crippen LogP contribution in [0.2, 0.25) is 0 Å². The molecule has 0 aliphatic heterocycles. The highest BCUT2D eigenvalue weighted by Gasteiger charge is 2.60. The average molecular weight is 378 g/mol. The first-order chi connectivity index (χ1) is 12.1. The minimum Gasteiger partial charge on any atom is -0.351 e. The van der Waals surface area contributed by atoms with Crippen molar-refractivity contribution in [3.63, 3.8) is 0 Å². The second-order valence-corrected chi connectivity index (χ2v) is 5.97. The maximum atomic E-state index is 13.8. The molecule has 1 N–H and O–H groups in total. The zero-order chi connectivity index (χ0) is 19.5. The van der Waals surface area contributed by atoms with Crippen molar-refractivity contribution in [1.29, 1.82) is 0 Å². The molecule has 2 rings (SSSR count). The molecular weight excluding hydrogens is 359 g/mol. The molecule has 0 aliphatic rings. The fourth-order valence-corrected chi connectivity index (χ4v) is 2.42. The highest BCUT2D eigenvalue weighted by Crippen LogP contribution is 2.43. The maximum Gasteiger partial charge on any atom is 0.459 e. The van der Waals surface area contributed by atoms with Gasteiger partial charge >= 0.3 is 12.1 Å². The summed E-state index contributed by atoms with van der Waals surface area (Å²) in [7, 11) is 0. The number of aryl methyl sites for hydroxylation is 1. The Labute approximate surface area is 146 Å². The van der Waals surface area contributed by atoms with E-state index < -0.39 is 23.7 Å². The molecule has 26 heavy (non-hydrogen) atoms. The molecule has 2 aromatic rings. The molecule has 0 radical (unpaired) electrons. The Balaban J connectivity index is 2.30. The molecule has 0 aliphatic carbocycles. The van der Waals surface area contributed by atoms with Crippen molar-refractivity contribution in [3.05, 3.63) is 29.2 Å². The second-order valence-electron chi connectivity index (χ2n) is 5.97. The van der Waals surface area contributed by atoms with Crippen LogP contribution in [0.3, 0.4) is 0 Å². The van der Waals surface area contributed by atoms with E-state index in [9.17, 15) is 26.7 Å². The van der Waals surface area contributed by atoms with Crippen LogP contribution in [0.25, 0.3) is 5.65 Å². The van der Waals surface area contributed by atoms with Crippen LogP contribution in [-0.2, 0) is 5.92 Å². The number of rotatable bonds is 7. The number of amides is 1. The summed E-state index contributed by atoms with van der Waals surface area (Å²) in [5.41, 5.74) is -1.93. The summed E-state index contributed by atoms with van der Waals surface area (Å²) in [6.45, 7) is 3.69. The summed E-state index contributed by atoms with van der Waals surface area (Å²) in [4.78, 5) is 15.9. The topological polar surface area (TPSA) is 59.3 Å². The normalized spacial score (nSPS) is 12.6. The fraction of sp³-hybridized carbons (Fsp3) is 0.562. The minimum absolute atomic E-state index is 0.0390. The van der Waals surface area contributed by atoms with Crippen LogP contribution in [-0.4, -0.2) is 33.2 Å². The molecule has 2 heterocycles. The van der Waals surface area contributed by atoms with Gasteiger partial charge in [0.25, 0.3) is 5.91 Å². The molecule has 0 atom stereocenters. The van der Waals surface area contributed by atoms with Gasteiger partial charge in [-0.2, -0.15) is 27.1 Å². The second kappa shape index (κ2) is 7.55. The zero-order valence-corrected chi connectivity index (χ0v) is 14.3. The summed E-state index contributed by atoms with van der Waals surface area (Å²) in [6.07, 6.45) is -2.08. The van der Waals surface area contributed by atoms with E-state index in [-0.39, 0.29) is 17.0 Å². The lowest BCUT2D eigenvalue weighted by Gasteiger charge is -2.20. The number of carbonyl (C=O) groups is 1. The lowest BCUT2D eigenvalue weighted by atomic mass is 10.2. The standard InChI is InChI=1S/C16H19F5N4O/c1-3-4-5-6-7-22-14(26)11-9-13-23-10(2)8-12(25(13)24-11)15(17,18)16(19,20)21/h8-9H,3-7H2,1-2H3,(H,22,26). The largest absolute Gasteiger partial charge is 0.459 e. The van der Waals surface area contributed by atoms with Crippen molar-refractivity contribution in [3.8, 4) is 0 Å². The Morgan fingerprint density at radius 3 is 2.46 bits per heavy atom. The van der Waals surface area contributed by atoms with E-state index in [4.69, 9.17) is 0 Å². The summed E-state index contributed by atoms with van der Waals surface area (Å²) < 4.78 is 66.1. The van der Waals surface area contributed by atoms with Crippen molar-refractivity contribution < 1.29 is 26.7 Å². The molecule has 144 valence electrons. The van der Waals surface area contributed by atoms with Gasteiger partial charge in [0.05, 0.1) is 0 Å². The number of unbranched alkanes of at least 4 members (excludes halogenated alkanes) is 3. The maximum absolute atomic E-state index is 13.8. The number of carbonyl (C=O) groups excluding carboxylic acids is 1. The summed E-state index contributed by atoms with van der Waals surface area (Å²) >= 11 is 0. The molecule has 0 fully saturated rings. The quantitative estimate of drug-likeness (QED) is 0.585. The summed E-state index contributed by atoms with van der Waals surface area (Å²) in [6, 6.07) is 1.70. The first-order valence-corrected chi connectivity index (χ1v) is 8.18. The van der Waals surface area contributed by atoms with Gasteiger partial charge in [0, 0.05) is 18.3 Å². The number of hydrogen-bond acceptors (Lipinski definition) is 3. The third-order valence-electron chi connectivity index (χ3n) is 3.78. The van der Waals surface area contributed by atoms with Crippen LogP contribution in [0.15, 0.2) is 12.1 Å². The monoisotopic (exact) mass is 378 g/mol. The molecule has 2 aromatic heterocycles. The third-order valence-corrected chi connectivity index (χ3v) is 3.78. The smallest absolute Gasteiger partial charge is 0.351 e. The average Bonchev–Trinajstić information content (AvgIpc) is 2.96. The van der Waals surface area contributed by atoms with E-state index in [1.54, 1.807) is 0 Å². The van der Waals surface area contributed by atoms with Crippen LogP contribution < -0.4 is 5.32 Å². The molecule has 0 aromatic carbocycles. The lowest BCUT2D eigenvalue weighted by molar-refractivity contribution is -0.291. The molecule has 0 saturated carbocycles. The number of nitrogens with one attached hydrogen (secondary N) is 1. The Bertz CT molecular complexity index is 785. The number of fused-ring (bicyclic) bond motifs is 1. The highest BCUT2D eigenvalue weighted by atomic mass is 19.4. The Hall–Kier alpha value is -2.26. The predicted octanol–water partition coefficient (Wildman–Crippen LogP) is 4.00. The van der Waals surface area contributed by atoms with Crippen LogP contribution in [0.4, 0.5) is 22.0 Å². The molecule has 0 saturated heterocycles. The van der Waals surface area contributed by atoms with Gasteiger partial charge in [0.1, 0.15) is 5.69 Å². The number of nitrogens with zero attached hydrogens (tertiary/aromatic N) is 3. The summed E-state index contributed by atoms with van der Waals surface area (Å²) in [5, 5.41) is 6.18. The number of hydrogen-bond donors (Lipinski definition) is 1. The van der Waals surface area contributed by atoms with Crippen LogP contribution >= 0.6 is 0 Å². The number of aromatic nitrogens is 3. The molecule has 5 nitrogen and oxygen atoms in total. The first kappa shape index (κ1) is 20.1. The van der Waals surface area contributed by atoms with Gasteiger partial charge < -0.3 is 5.32 Å². The number of alkyl halides is 5. The molecule has 10 heteroatoms. The van der Waals surface area contributed by atoms with Gasteiger partial charge in [-0.25, -0.2) is 9.50 Å². The summed E-state index contributed by atoms with van der Waals surface area (Å²) in [5.74, 6) is -5.77. The Kier molecular flexibility index (Phi) is 5.82. The van der Waals surface area contributed by atoms with E-state index in [1.807, 2.05) is 6.92 Å². The van der Waals surface area contributed by atoms with Crippen molar-refractivity contribution in [1.82, 2.24) is 19.9 Å². The van der Waals surface area contributed by atoms with Crippen molar-refractivity contribution in [2.75, 3.05) is 6.54 Å². The van der Waals surface area contributed by atoms with Gasteiger partial charge in [0.15, 0.2) is 11.3 Å². The van der Waals surface area contributed by atoms with Gasteiger partial charge in [-0.05, 0) is 19.4 Å². The Morgan fingerprint density at radius 2 is 1.85 bits per heavy atom. The van der Waals surface area contributed by atoms with Crippen LogP contribution in [0.5, 0.6) is 0 Å². The lowest BCUT2D eigenvalue weighted by Crippen LogP contribution is -2.36. The highest BCUT2D eigenvalue weighted by molar-refractivity contribution is 5.93. The SMILES string of the molecule is CCCCCCNC(=O)c1cc2nc(C)cc(C(F)(F)C(F)(F)F)n2n1. The third kappa shape index (κ3) is 4.10. The van der Waals surface area contributed by atoms with E-state index in [1.165, 1.54) is 6.92 Å². The van der Waals surface area contributed by atoms with Gasteiger partial charge in [0.2, 0.25) is 0 Å². The van der Waals surface area contributed by atoms with E-state index in [0.717, 1.165) is 31.7 Å². The van der Waals surface area contributed by atoms with Crippen molar-refractivity contribution >= 4 is 11.6 Å². The fourth-order valence-electron chi connectivity index (χ4n) is 2.42. The molecule has 0 bridgehead atoms. The van der Waals surface area contributed by atoms with E-state index in [2.05, 4.69) is 15.4 Å². The first-order valence-electron chi connectivity index (χ1n) is 8.18. The van der Waals surface area contributed by atoms with Gasteiger partial charge in [-0.1, -0.05) is 26.2 Å². The molecule has 0 unspecified atom stereocenters. The zero-order valence-electron chi connectivity index (χ0n) is 14.3. The predicted molar refractivity (Wildman–Crippen MR) is 84.1 cm³/mol. The number of halogens is 5. The van der Waals surface area contributed by atoms with Gasteiger partial charge in [-0.15, -0.1) is 0 Å². The molecular formula is C16H19F5N4O. The van der Waals surface area contributed by atoms with Crippen LogP contribution in [0, 0.1) is 6.92 Å². The van der Waals surface area contributed by atoms with Crippen molar-refractivity contribution in [2.45, 2.75) is 51.6 Å². The van der Waals surface area contributed by atoms with E-state index >= 15 is 0 Å². The van der Waals surface area contributed by atoms with Gasteiger partial charge in [-0.3, -0.25) is 4.79 Å². The van der Waals surface area contributed by atoms with Crippen LogP contribution in [0.1, 0.15) is 54.5 Å².